The van der Waals surface area contributed by atoms with E-state index in [1.54, 1.807) is 6.07 Å². The van der Waals surface area contributed by atoms with Gasteiger partial charge in [0.05, 0.1) is 0 Å². The van der Waals surface area contributed by atoms with Crippen LogP contribution in [0.15, 0.2) is 40.8 Å². The highest BCUT2D eigenvalue weighted by Gasteiger charge is 2.11. The summed E-state index contributed by atoms with van der Waals surface area (Å²) >= 11 is 6.00. The second-order valence-corrected chi connectivity index (χ2v) is 4.65. The fraction of sp³-hybridized carbons (Fsp3) is 0.0714. The Bertz CT molecular complexity index is 734. The summed E-state index contributed by atoms with van der Waals surface area (Å²) in [5.74, 6) is 0.558. The summed E-state index contributed by atoms with van der Waals surface area (Å²) < 4.78 is 5.77. The summed E-state index contributed by atoms with van der Waals surface area (Å²) in [7, 11) is 0. The second kappa shape index (κ2) is 4.03. The summed E-state index contributed by atoms with van der Waals surface area (Å²) in [4.78, 5) is 4.44. The normalized spacial score (nSPS) is 11.0. The molecular weight excluding hydrogens is 248 g/mol. The third-order valence-corrected chi connectivity index (χ3v) is 2.99. The number of rotatable bonds is 1. The Morgan fingerprint density at radius 1 is 1.22 bits per heavy atom. The van der Waals surface area contributed by atoms with E-state index < -0.39 is 0 Å². The van der Waals surface area contributed by atoms with Gasteiger partial charge in [-0.2, -0.15) is 0 Å². The molecule has 90 valence electrons. The number of hydrogen-bond donors (Lipinski definition) is 1. The first-order chi connectivity index (χ1) is 8.63. The predicted molar refractivity (Wildman–Crippen MR) is 73.6 cm³/mol. The van der Waals surface area contributed by atoms with Gasteiger partial charge in [-0.25, -0.2) is 4.98 Å². The lowest BCUT2D eigenvalue weighted by Gasteiger charge is -1.96. The summed E-state index contributed by atoms with van der Waals surface area (Å²) in [5.41, 5.74) is 9.80. The summed E-state index contributed by atoms with van der Waals surface area (Å²) in [6, 6.07) is 11.1. The Labute approximate surface area is 109 Å². The van der Waals surface area contributed by atoms with Crippen molar-refractivity contribution in [3.8, 4) is 11.5 Å². The van der Waals surface area contributed by atoms with Crippen LogP contribution in [0.5, 0.6) is 0 Å². The van der Waals surface area contributed by atoms with Crippen molar-refractivity contribution in [1.29, 1.82) is 0 Å². The monoisotopic (exact) mass is 258 g/mol. The molecule has 0 aliphatic rings. The standard InChI is InChI=1S/C14H11ClN2O/c1-8-5-10(15)7-12-13(8)18-14(17-12)9-3-2-4-11(16)6-9/h2-7H,16H2,1H3. The van der Waals surface area contributed by atoms with Gasteiger partial charge in [-0.05, 0) is 42.8 Å². The van der Waals surface area contributed by atoms with Crippen molar-refractivity contribution in [3.63, 3.8) is 0 Å². The fourth-order valence-electron chi connectivity index (χ4n) is 1.95. The second-order valence-electron chi connectivity index (χ2n) is 4.22. The van der Waals surface area contributed by atoms with E-state index in [-0.39, 0.29) is 0 Å². The molecule has 0 atom stereocenters. The minimum absolute atomic E-state index is 0.558. The third-order valence-electron chi connectivity index (χ3n) is 2.77. The van der Waals surface area contributed by atoms with Gasteiger partial charge in [0, 0.05) is 16.3 Å². The van der Waals surface area contributed by atoms with Gasteiger partial charge in [0.1, 0.15) is 5.52 Å². The molecular formula is C14H11ClN2O. The third kappa shape index (κ3) is 1.83. The molecule has 3 rings (SSSR count). The van der Waals surface area contributed by atoms with Crippen molar-refractivity contribution in [2.45, 2.75) is 6.92 Å². The van der Waals surface area contributed by atoms with Crippen molar-refractivity contribution in [1.82, 2.24) is 4.98 Å². The van der Waals surface area contributed by atoms with E-state index >= 15 is 0 Å². The number of fused-ring (bicyclic) bond motifs is 1. The number of nitrogens with zero attached hydrogens (tertiary/aromatic N) is 1. The molecule has 2 N–H and O–H groups in total. The SMILES string of the molecule is Cc1cc(Cl)cc2nc(-c3cccc(N)c3)oc12. The highest BCUT2D eigenvalue weighted by atomic mass is 35.5. The molecule has 4 heteroatoms. The van der Waals surface area contributed by atoms with E-state index in [0.29, 0.717) is 16.6 Å². The van der Waals surface area contributed by atoms with E-state index in [4.69, 9.17) is 21.8 Å². The number of oxazole rings is 1. The van der Waals surface area contributed by atoms with Crippen LogP contribution in [0.1, 0.15) is 5.56 Å². The highest BCUT2D eigenvalue weighted by Crippen LogP contribution is 2.29. The average Bonchev–Trinajstić information content (AvgIpc) is 2.73. The smallest absolute Gasteiger partial charge is 0.227 e. The maximum Gasteiger partial charge on any atom is 0.227 e. The number of halogens is 1. The van der Waals surface area contributed by atoms with Crippen molar-refractivity contribution in [3.05, 3.63) is 47.0 Å². The number of aryl methyl sites for hydroxylation is 1. The number of nitrogen functional groups attached to an aromatic ring is 1. The van der Waals surface area contributed by atoms with Gasteiger partial charge in [-0.3, -0.25) is 0 Å². The Hall–Kier alpha value is -2.00. The van der Waals surface area contributed by atoms with Gasteiger partial charge in [-0.15, -0.1) is 0 Å². The first-order valence-electron chi connectivity index (χ1n) is 5.56. The van der Waals surface area contributed by atoms with Crippen LogP contribution in [0.3, 0.4) is 0 Å². The Morgan fingerprint density at radius 2 is 2.06 bits per heavy atom. The highest BCUT2D eigenvalue weighted by molar-refractivity contribution is 6.31. The molecule has 2 aromatic carbocycles. The van der Waals surface area contributed by atoms with Gasteiger partial charge in [-0.1, -0.05) is 17.7 Å². The number of nitrogens with two attached hydrogens (primary N) is 1. The molecule has 0 saturated carbocycles. The lowest BCUT2D eigenvalue weighted by Crippen LogP contribution is -1.84. The van der Waals surface area contributed by atoms with Crippen LogP contribution in [-0.4, -0.2) is 4.98 Å². The maximum atomic E-state index is 6.00. The minimum Gasteiger partial charge on any atom is -0.436 e. The Balaban J connectivity index is 2.22. The van der Waals surface area contributed by atoms with Crippen molar-refractivity contribution >= 4 is 28.4 Å². The molecule has 0 saturated heterocycles. The first-order valence-corrected chi connectivity index (χ1v) is 5.94. The number of anilines is 1. The zero-order valence-corrected chi connectivity index (χ0v) is 10.5. The molecule has 0 radical (unpaired) electrons. The molecule has 18 heavy (non-hydrogen) atoms. The number of hydrogen-bond acceptors (Lipinski definition) is 3. The maximum absolute atomic E-state index is 6.00. The largest absolute Gasteiger partial charge is 0.436 e. The topological polar surface area (TPSA) is 52.0 Å². The quantitative estimate of drug-likeness (QED) is 0.670. The van der Waals surface area contributed by atoms with Crippen LogP contribution in [0.2, 0.25) is 5.02 Å². The van der Waals surface area contributed by atoms with E-state index in [0.717, 1.165) is 22.2 Å². The van der Waals surface area contributed by atoms with Gasteiger partial charge in [0.15, 0.2) is 5.58 Å². The van der Waals surface area contributed by atoms with Crippen LogP contribution in [0, 0.1) is 6.92 Å². The van der Waals surface area contributed by atoms with Crippen LogP contribution in [-0.2, 0) is 0 Å². The van der Waals surface area contributed by atoms with E-state index in [1.807, 2.05) is 37.3 Å². The van der Waals surface area contributed by atoms with Gasteiger partial charge < -0.3 is 10.2 Å². The number of aromatic nitrogens is 1. The summed E-state index contributed by atoms with van der Waals surface area (Å²) in [5, 5.41) is 0.660. The van der Waals surface area contributed by atoms with Crippen LogP contribution in [0.4, 0.5) is 5.69 Å². The molecule has 0 bridgehead atoms. The van der Waals surface area contributed by atoms with Gasteiger partial charge in [0.25, 0.3) is 0 Å². The van der Waals surface area contributed by atoms with Crippen molar-refractivity contribution in [2.24, 2.45) is 0 Å². The molecule has 1 heterocycles. The van der Waals surface area contributed by atoms with Gasteiger partial charge in [0.2, 0.25) is 5.89 Å². The Morgan fingerprint density at radius 3 is 2.83 bits per heavy atom. The predicted octanol–water partition coefficient (Wildman–Crippen LogP) is 4.04. The molecule has 3 nitrogen and oxygen atoms in total. The molecule has 0 fully saturated rings. The van der Waals surface area contributed by atoms with E-state index in [2.05, 4.69) is 4.98 Å². The lowest BCUT2D eigenvalue weighted by atomic mass is 10.2. The van der Waals surface area contributed by atoms with E-state index in [1.165, 1.54) is 0 Å². The average molecular weight is 259 g/mol. The van der Waals surface area contributed by atoms with Crippen LogP contribution >= 0.6 is 11.6 Å². The molecule has 1 aromatic heterocycles. The van der Waals surface area contributed by atoms with Gasteiger partial charge >= 0.3 is 0 Å². The number of benzene rings is 2. The fourth-order valence-corrected chi connectivity index (χ4v) is 2.22. The molecule has 0 unspecified atom stereocenters. The summed E-state index contributed by atoms with van der Waals surface area (Å²) in [6.07, 6.45) is 0. The summed E-state index contributed by atoms with van der Waals surface area (Å²) in [6.45, 7) is 1.95. The molecule has 0 aliphatic heterocycles. The molecule has 0 spiro atoms. The van der Waals surface area contributed by atoms with E-state index in [9.17, 15) is 0 Å². The molecule has 3 aromatic rings. The van der Waals surface area contributed by atoms with Crippen molar-refractivity contribution < 1.29 is 4.42 Å². The van der Waals surface area contributed by atoms with Crippen LogP contribution in [0.25, 0.3) is 22.6 Å². The van der Waals surface area contributed by atoms with Crippen molar-refractivity contribution in [2.75, 3.05) is 5.73 Å². The molecule has 0 amide bonds. The molecule has 0 aliphatic carbocycles. The van der Waals surface area contributed by atoms with Crippen LogP contribution < -0.4 is 5.73 Å². The zero-order valence-electron chi connectivity index (χ0n) is 9.77. The Kier molecular flexibility index (Phi) is 2.49. The minimum atomic E-state index is 0.558. The lowest BCUT2D eigenvalue weighted by molar-refractivity contribution is 0.617. The zero-order chi connectivity index (χ0) is 12.7. The first kappa shape index (κ1) is 11.1.